The Bertz CT molecular complexity index is 1130. The standard InChI is InChI=1S/C28H34FN3O4/c1-27(2,3)36-26(34)31-16-17-35-28(19-31)13-15-30(18-28)25(33)32-14-12-20-6-4-5-7-23(20)24(32)21-8-10-22(29)11-9-21/h4-11,24H,12-19H2,1-3H3/t24-,28?/m0/s1. The van der Waals surface area contributed by atoms with E-state index in [1.807, 2.05) is 42.7 Å². The third-order valence-electron chi connectivity index (χ3n) is 7.20. The number of urea groups is 1. The molecule has 7 nitrogen and oxygen atoms in total. The molecule has 2 fully saturated rings. The second-order valence-electron chi connectivity index (χ2n) is 11.0. The number of ether oxygens (including phenoxy) is 2. The third-order valence-corrected chi connectivity index (χ3v) is 7.20. The predicted molar refractivity (Wildman–Crippen MR) is 133 cm³/mol. The van der Waals surface area contributed by atoms with E-state index in [1.165, 1.54) is 17.7 Å². The molecule has 0 aromatic heterocycles. The van der Waals surface area contributed by atoms with Crippen molar-refractivity contribution >= 4 is 12.1 Å². The maximum absolute atomic E-state index is 13.9. The molecule has 0 bridgehead atoms. The molecule has 0 aliphatic carbocycles. The highest BCUT2D eigenvalue weighted by Gasteiger charge is 2.47. The molecule has 3 heterocycles. The second-order valence-corrected chi connectivity index (χ2v) is 11.0. The number of morpholine rings is 1. The van der Waals surface area contributed by atoms with Crippen LogP contribution in [0.5, 0.6) is 0 Å². The van der Waals surface area contributed by atoms with Gasteiger partial charge in [0.2, 0.25) is 0 Å². The van der Waals surface area contributed by atoms with Crippen molar-refractivity contribution in [2.75, 3.05) is 39.3 Å². The molecule has 2 aromatic rings. The summed E-state index contributed by atoms with van der Waals surface area (Å²) in [5, 5.41) is 0. The van der Waals surface area contributed by atoms with E-state index in [9.17, 15) is 14.0 Å². The average Bonchev–Trinajstić information content (AvgIpc) is 3.25. The topological polar surface area (TPSA) is 62.3 Å². The van der Waals surface area contributed by atoms with E-state index < -0.39 is 11.2 Å². The Morgan fingerprint density at radius 2 is 1.72 bits per heavy atom. The van der Waals surface area contributed by atoms with Crippen molar-refractivity contribution in [3.8, 4) is 0 Å². The SMILES string of the molecule is CC(C)(C)OC(=O)N1CCOC2(CCN(C(=O)N3CCc4ccccc4[C@@H]3c3ccc(F)cc3)C2)C1. The molecule has 1 spiro atoms. The van der Waals surface area contributed by atoms with Crippen LogP contribution >= 0.6 is 0 Å². The molecule has 0 saturated carbocycles. The Morgan fingerprint density at radius 3 is 2.47 bits per heavy atom. The van der Waals surface area contributed by atoms with Gasteiger partial charge in [-0.05, 0) is 62.4 Å². The van der Waals surface area contributed by atoms with Crippen molar-refractivity contribution in [2.45, 2.75) is 50.9 Å². The van der Waals surface area contributed by atoms with E-state index in [0.717, 1.165) is 17.5 Å². The Morgan fingerprint density at radius 1 is 1.00 bits per heavy atom. The van der Waals surface area contributed by atoms with Crippen molar-refractivity contribution in [1.29, 1.82) is 0 Å². The van der Waals surface area contributed by atoms with Gasteiger partial charge in [0, 0.05) is 19.6 Å². The van der Waals surface area contributed by atoms with Gasteiger partial charge < -0.3 is 24.2 Å². The fraction of sp³-hybridized carbons (Fsp3) is 0.500. The zero-order valence-corrected chi connectivity index (χ0v) is 21.2. The molecule has 8 heteroatoms. The monoisotopic (exact) mass is 495 g/mol. The van der Waals surface area contributed by atoms with E-state index in [2.05, 4.69) is 12.1 Å². The highest BCUT2D eigenvalue weighted by atomic mass is 19.1. The summed E-state index contributed by atoms with van der Waals surface area (Å²) in [4.78, 5) is 32.0. The van der Waals surface area contributed by atoms with Gasteiger partial charge in [-0.2, -0.15) is 0 Å². The molecule has 2 atom stereocenters. The number of rotatable bonds is 1. The number of hydrogen-bond donors (Lipinski definition) is 0. The first-order valence-electron chi connectivity index (χ1n) is 12.6. The van der Waals surface area contributed by atoms with Crippen LogP contribution in [0.1, 0.15) is 49.9 Å². The van der Waals surface area contributed by atoms with Crippen LogP contribution in [0.25, 0.3) is 0 Å². The molecule has 2 saturated heterocycles. The Kier molecular flexibility index (Phi) is 6.41. The predicted octanol–water partition coefficient (Wildman–Crippen LogP) is 4.61. The van der Waals surface area contributed by atoms with Gasteiger partial charge in [-0.25, -0.2) is 14.0 Å². The summed E-state index contributed by atoms with van der Waals surface area (Å²) >= 11 is 0. The van der Waals surface area contributed by atoms with Gasteiger partial charge in [0.1, 0.15) is 17.0 Å². The summed E-state index contributed by atoms with van der Waals surface area (Å²) in [6, 6.07) is 14.2. The Hall–Kier alpha value is -3.13. The lowest BCUT2D eigenvalue weighted by Gasteiger charge is -2.42. The van der Waals surface area contributed by atoms with Gasteiger partial charge in [-0.1, -0.05) is 36.4 Å². The number of benzene rings is 2. The summed E-state index contributed by atoms with van der Waals surface area (Å²) in [7, 11) is 0. The molecule has 0 N–H and O–H groups in total. The highest BCUT2D eigenvalue weighted by Crippen LogP contribution is 2.38. The van der Waals surface area contributed by atoms with Crippen LogP contribution in [0.15, 0.2) is 48.5 Å². The number of carbonyl (C=O) groups is 2. The van der Waals surface area contributed by atoms with Crippen LogP contribution in [-0.4, -0.2) is 77.4 Å². The van der Waals surface area contributed by atoms with Crippen molar-refractivity contribution < 1.29 is 23.5 Å². The van der Waals surface area contributed by atoms with Gasteiger partial charge in [-0.15, -0.1) is 0 Å². The van der Waals surface area contributed by atoms with Gasteiger partial charge in [0.05, 0.1) is 25.7 Å². The average molecular weight is 496 g/mol. The minimum atomic E-state index is -0.593. The fourth-order valence-electron chi connectivity index (χ4n) is 5.54. The molecule has 36 heavy (non-hydrogen) atoms. The van der Waals surface area contributed by atoms with E-state index in [0.29, 0.717) is 45.8 Å². The normalized spacial score (nSPS) is 24.1. The lowest BCUT2D eigenvalue weighted by molar-refractivity contribution is -0.100. The molecule has 3 aliphatic rings. The zero-order chi connectivity index (χ0) is 25.5. The Balaban J connectivity index is 1.35. The number of nitrogens with zero attached hydrogens (tertiary/aromatic N) is 3. The minimum Gasteiger partial charge on any atom is -0.444 e. The molecule has 3 amide bonds. The molecular formula is C28H34FN3O4. The van der Waals surface area contributed by atoms with E-state index in [1.54, 1.807) is 17.0 Å². The molecule has 5 rings (SSSR count). The lowest BCUT2D eigenvalue weighted by atomic mass is 9.88. The number of fused-ring (bicyclic) bond motifs is 1. The fourth-order valence-corrected chi connectivity index (χ4v) is 5.54. The quantitative estimate of drug-likeness (QED) is 0.580. The number of carbonyl (C=O) groups excluding carboxylic acids is 2. The van der Waals surface area contributed by atoms with Crippen molar-refractivity contribution in [3.05, 3.63) is 71.0 Å². The van der Waals surface area contributed by atoms with Crippen molar-refractivity contribution in [1.82, 2.24) is 14.7 Å². The number of hydrogen-bond acceptors (Lipinski definition) is 4. The second kappa shape index (κ2) is 9.39. The van der Waals surface area contributed by atoms with Crippen LogP contribution in [0, 0.1) is 5.82 Å². The highest BCUT2D eigenvalue weighted by molar-refractivity contribution is 5.77. The van der Waals surface area contributed by atoms with E-state index >= 15 is 0 Å². The number of amides is 3. The Labute approximate surface area is 211 Å². The van der Waals surface area contributed by atoms with Crippen molar-refractivity contribution in [2.24, 2.45) is 0 Å². The van der Waals surface area contributed by atoms with Crippen molar-refractivity contribution in [3.63, 3.8) is 0 Å². The molecule has 192 valence electrons. The summed E-state index contributed by atoms with van der Waals surface area (Å²) in [5.74, 6) is -0.300. The van der Waals surface area contributed by atoms with Gasteiger partial charge in [0.15, 0.2) is 0 Å². The largest absolute Gasteiger partial charge is 0.444 e. The first-order chi connectivity index (χ1) is 17.1. The van der Waals surface area contributed by atoms with Crippen LogP contribution in [-0.2, 0) is 15.9 Å². The number of likely N-dealkylation sites (tertiary alicyclic amines) is 1. The van der Waals surface area contributed by atoms with E-state index in [-0.39, 0.29) is 24.0 Å². The first-order valence-corrected chi connectivity index (χ1v) is 12.6. The molecule has 2 aromatic carbocycles. The van der Waals surface area contributed by atoms with Crippen LogP contribution in [0.4, 0.5) is 14.0 Å². The molecular weight excluding hydrogens is 461 g/mol. The van der Waals surface area contributed by atoms with Crippen LogP contribution in [0.2, 0.25) is 0 Å². The minimum absolute atomic E-state index is 0.0614. The maximum atomic E-state index is 13.9. The smallest absolute Gasteiger partial charge is 0.410 e. The van der Waals surface area contributed by atoms with Crippen LogP contribution in [0.3, 0.4) is 0 Å². The van der Waals surface area contributed by atoms with E-state index in [4.69, 9.17) is 9.47 Å². The number of halogens is 1. The summed E-state index contributed by atoms with van der Waals surface area (Å²) in [5.41, 5.74) is 2.00. The maximum Gasteiger partial charge on any atom is 0.410 e. The summed E-state index contributed by atoms with van der Waals surface area (Å²) in [6.45, 7) is 8.38. The zero-order valence-electron chi connectivity index (χ0n) is 21.2. The van der Waals surface area contributed by atoms with Crippen LogP contribution < -0.4 is 0 Å². The third kappa shape index (κ3) is 4.91. The molecule has 1 unspecified atom stereocenters. The first kappa shape index (κ1) is 24.6. The summed E-state index contributed by atoms with van der Waals surface area (Å²) < 4.78 is 25.4. The van der Waals surface area contributed by atoms with Gasteiger partial charge >= 0.3 is 12.1 Å². The lowest BCUT2D eigenvalue weighted by Crippen LogP contribution is -2.56. The molecule has 3 aliphatic heterocycles. The van der Waals surface area contributed by atoms with Gasteiger partial charge in [0.25, 0.3) is 0 Å². The summed E-state index contributed by atoms with van der Waals surface area (Å²) in [6.07, 6.45) is 1.07. The molecule has 0 radical (unpaired) electrons. The van der Waals surface area contributed by atoms with Gasteiger partial charge in [-0.3, -0.25) is 0 Å².